The third-order valence-electron chi connectivity index (χ3n) is 2.21. The molecule has 0 bridgehead atoms. The highest BCUT2D eigenvalue weighted by Crippen LogP contribution is 2.19. The van der Waals surface area contributed by atoms with Crippen molar-refractivity contribution in [3.63, 3.8) is 0 Å². The van der Waals surface area contributed by atoms with Crippen LogP contribution in [-0.2, 0) is 0 Å². The molecule has 0 N–H and O–H groups in total. The van der Waals surface area contributed by atoms with Gasteiger partial charge in [0.1, 0.15) is 0 Å². The van der Waals surface area contributed by atoms with Gasteiger partial charge in [-0.25, -0.2) is 0 Å². The van der Waals surface area contributed by atoms with Gasteiger partial charge in [-0.1, -0.05) is 19.1 Å². The summed E-state index contributed by atoms with van der Waals surface area (Å²) in [7, 11) is 4.08. The van der Waals surface area contributed by atoms with Gasteiger partial charge in [-0.2, -0.15) is 0 Å². The molecule has 2 heteroatoms. The molecule has 13 heavy (non-hydrogen) atoms. The predicted octanol–water partition coefficient (Wildman–Crippen LogP) is 3.09. The molecule has 1 nitrogen and oxygen atoms in total. The number of hydrogen-bond donors (Lipinski definition) is 0. The van der Waals surface area contributed by atoms with Crippen LogP contribution in [0.2, 0.25) is 0 Å². The second kappa shape index (κ2) is 4.52. The van der Waals surface area contributed by atoms with Crippen molar-refractivity contribution in [2.75, 3.05) is 24.9 Å². The first-order valence-electron chi connectivity index (χ1n) is 4.48. The summed E-state index contributed by atoms with van der Waals surface area (Å²) >= 11 is 5.78. The quantitative estimate of drug-likeness (QED) is 0.674. The fourth-order valence-corrected chi connectivity index (χ4v) is 1.37. The number of benzene rings is 1. The SMILES string of the molecule is CC(CCl)c1ccc(N(C)C)cc1. The number of hydrogen-bond acceptors (Lipinski definition) is 1. The average Bonchev–Trinajstić information content (AvgIpc) is 2.17. The molecule has 0 fully saturated rings. The van der Waals surface area contributed by atoms with Gasteiger partial charge in [0.2, 0.25) is 0 Å². The molecule has 1 atom stereocenters. The number of nitrogens with zero attached hydrogens (tertiary/aromatic N) is 1. The van der Waals surface area contributed by atoms with Crippen molar-refractivity contribution >= 4 is 17.3 Å². The molecule has 0 saturated carbocycles. The molecule has 0 aliphatic carbocycles. The molecule has 0 amide bonds. The average molecular weight is 198 g/mol. The minimum atomic E-state index is 0.442. The van der Waals surface area contributed by atoms with Crippen molar-refractivity contribution < 1.29 is 0 Å². The summed E-state index contributed by atoms with van der Waals surface area (Å²) in [6.07, 6.45) is 0. The highest BCUT2D eigenvalue weighted by atomic mass is 35.5. The molecule has 0 spiro atoms. The lowest BCUT2D eigenvalue weighted by Crippen LogP contribution is -2.08. The molecule has 0 saturated heterocycles. The van der Waals surface area contributed by atoms with Crippen LogP contribution in [-0.4, -0.2) is 20.0 Å². The summed E-state index contributed by atoms with van der Waals surface area (Å²) in [6.45, 7) is 2.14. The van der Waals surface area contributed by atoms with E-state index in [0.29, 0.717) is 11.8 Å². The van der Waals surface area contributed by atoms with Gasteiger partial charge in [-0.15, -0.1) is 11.6 Å². The molecule has 0 heterocycles. The normalized spacial score (nSPS) is 12.6. The molecular weight excluding hydrogens is 182 g/mol. The van der Waals surface area contributed by atoms with Gasteiger partial charge in [0.05, 0.1) is 0 Å². The van der Waals surface area contributed by atoms with Crippen LogP contribution in [0.5, 0.6) is 0 Å². The number of anilines is 1. The molecular formula is C11H16ClN. The predicted molar refractivity (Wildman–Crippen MR) is 59.9 cm³/mol. The van der Waals surface area contributed by atoms with E-state index in [0.717, 1.165) is 0 Å². The summed E-state index contributed by atoms with van der Waals surface area (Å²) in [5, 5.41) is 0. The summed E-state index contributed by atoms with van der Waals surface area (Å²) in [6, 6.07) is 8.53. The summed E-state index contributed by atoms with van der Waals surface area (Å²) < 4.78 is 0. The number of alkyl halides is 1. The maximum atomic E-state index is 5.78. The van der Waals surface area contributed by atoms with Gasteiger partial charge in [0.15, 0.2) is 0 Å². The Morgan fingerprint density at radius 3 is 2.15 bits per heavy atom. The minimum Gasteiger partial charge on any atom is -0.378 e. The summed E-state index contributed by atoms with van der Waals surface area (Å²) in [5.41, 5.74) is 2.53. The Hall–Kier alpha value is -0.690. The molecule has 1 rings (SSSR count). The van der Waals surface area contributed by atoms with Crippen LogP contribution in [0.25, 0.3) is 0 Å². The lowest BCUT2D eigenvalue weighted by atomic mass is 10.0. The van der Waals surface area contributed by atoms with Crippen LogP contribution in [0.15, 0.2) is 24.3 Å². The first-order valence-corrected chi connectivity index (χ1v) is 5.02. The molecule has 1 aromatic rings. The minimum absolute atomic E-state index is 0.442. The van der Waals surface area contributed by atoms with Gasteiger partial charge in [-0.3, -0.25) is 0 Å². The maximum absolute atomic E-state index is 5.78. The summed E-state index contributed by atoms with van der Waals surface area (Å²) in [4.78, 5) is 2.09. The lowest BCUT2D eigenvalue weighted by Gasteiger charge is -2.14. The van der Waals surface area contributed by atoms with E-state index in [1.165, 1.54) is 11.3 Å². The summed E-state index contributed by atoms with van der Waals surface area (Å²) in [5.74, 6) is 1.12. The zero-order chi connectivity index (χ0) is 9.84. The van der Waals surface area contributed by atoms with E-state index >= 15 is 0 Å². The Morgan fingerprint density at radius 1 is 1.23 bits per heavy atom. The standard InChI is InChI=1S/C11H16ClN/c1-9(8-12)10-4-6-11(7-5-10)13(2)3/h4-7,9H,8H2,1-3H3. The van der Waals surface area contributed by atoms with Crippen LogP contribution < -0.4 is 4.90 Å². The molecule has 1 unspecified atom stereocenters. The smallest absolute Gasteiger partial charge is 0.0361 e. The van der Waals surface area contributed by atoms with E-state index in [2.05, 4.69) is 36.1 Å². The second-order valence-electron chi connectivity index (χ2n) is 3.54. The number of halogens is 1. The Labute approximate surface area is 85.3 Å². The van der Waals surface area contributed by atoms with Gasteiger partial charge in [0, 0.05) is 25.7 Å². The van der Waals surface area contributed by atoms with Gasteiger partial charge in [-0.05, 0) is 23.6 Å². The van der Waals surface area contributed by atoms with E-state index in [1.807, 2.05) is 14.1 Å². The molecule has 1 aromatic carbocycles. The highest BCUT2D eigenvalue weighted by molar-refractivity contribution is 6.18. The Bertz CT molecular complexity index is 253. The molecule has 0 aliphatic heterocycles. The van der Waals surface area contributed by atoms with Gasteiger partial charge < -0.3 is 4.90 Å². The van der Waals surface area contributed by atoms with Crippen molar-refractivity contribution in [2.24, 2.45) is 0 Å². The van der Waals surface area contributed by atoms with Crippen molar-refractivity contribution in [3.8, 4) is 0 Å². The Morgan fingerprint density at radius 2 is 1.77 bits per heavy atom. The van der Waals surface area contributed by atoms with E-state index in [9.17, 15) is 0 Å². The Kier molecular flexibility index (Phi) is 3.61. The molecule has 0 aliphatic rings. The zero-order valence-electron chi connectivity index (χ0n) is 8.42. The van der Waals surface area contributed by atoms with Gasteiger partial charge >= 0.3 is 0 Å². The van der Waals surface area contributed by atoms with Gasteiger partial charge in [0.25, 0.3) is 0 Å². The maximum Gasteiger partial charge on any atom is 0.0361 e. The highest BCUT2D eigenvalue weighted by Gasteiger charge is 2.03. The van der Waals surface area contributed by atoms with Crippen molar-refractivity contribution in [1.29, 1.82) is 0 Å². The van der Waals surface area contributed by atoms with Crippen molar-refractivity contribution in [3.05, 3.63) is 29.8 Å². The van der Waals surface area contributed by atoms with E-state index < -0.39 is 0 Å². The zero-order valence-corrected chi connectivity index (χ0v) is 9.17. The lowest BCUT2D eigenvalue weighted by molar-refractivity contribution is 0.875. The van der Waals surface area contributed by atoms with Crippen LogP contribution in [0.1, 0.15) is 18.4 Å². The largest absolute Gasteiger partial charge is 0.378 e. The van der Waals surface area contributed by atoms with Crippen molar-refractivity contribution in [2.45, 2.75) is 12.8 Å². The first-order chi connectivity index (χ1) is 6.15. The number of rotatable bonds is 3. The fourth-order valence-electron chi connectivity index (χ4n) is 1.19. The Balaban J connectivity index is 2.81. The molecule has 0 aromatic heterocycles. The molecule has 0 radical (unpaired) electrons. The van der Waals surface area contributed by atoms with E-state index in [1.54, 1.807) is 0 Å². The van der Waals surface area contributed by atoms with Crippen LogP contribution in [0.3, 0.4) is 0 Å². The van der Waals surface area contributed by atoms with Crippen LogP contribution in [0.4, 0.5) is 5.69 Å². The fraction of sp³-hybridized carbons (Fsp3) is 0.455. The van der Waals surface area contributed by atoms with Crippen LogP contribution in [0, 0.1) is 0 Å². The monoisotopic (exact) mass is 197 g/mol. The van der Waals surface area contributed by atoms with Crippen LogP contribution >= 0.6 is 11.6 Å². The molecule has 72 valence electrons. The second-order valence-corrected chi connectivity index (χ2v) is 3.85. The topological polar surface area (TPSA) is 3.24 Å². The van der Waals surface area contributed by atoms with E-state index in [-0.39, 0.29) is 0 Å². The third-order valence-corrected chi connectivity index (χ3v) is 2.67. The van der Waals surface area contributed by atoms with E-state index in [4.69, 9.17) is 11.6 Å². The third kappa shape index (κ3) is 2.63. The first kappa shape index (κ1) is 10.4. The van der Waals surface area contributed by atoms with Crippen molar-refractivity contribution in [1.82, 2.24) is 0 Å².